The van der Waals surface area contributed by atoms with Crippen molar-refractivity contribution in [3.05, 3.63) is 79.9 Å². The molecule has 0 fully saturated rings. The minimum atomic E-state index is -0.758. The maximum atomic E-state index is 12.1. The number of nitrogens with zero attached hydrogens (tertiary/aromatic N) is 3. The molecule has 0 unspecified atom stereocenters. The Morgan fingerprint density at radius 2 is 1.72 bits per heavy atom. The lowest BCUT2D eigenvalue weighted by Crippen LogP contribution is -2.19. The fraction of sp³-hybridized carbons (Fsp3) is 0. The summed E-state index contributed by atoms with van der Waals surface area (Å²) in [4.78, 5) is 32.5. The van der Waals surface area contributed by atoms with Crippen LogP contribution in [-0.4, -0.2) is 21.3 Å². The van der Waals surface area contributed by atoms with Crippen LogP contribution in [0.25, 0.3) is 6.08 Å². The molecule has 0 aromatic heterocycles. The molecule has 3 rings (SSSR count). The summed E-state index contributed by atoms with van der Waals surface area (Å²) in [7, 11) is 0. The van der Waals surface area contributed by atoms with Crippen molar-refractivity contribution in [1.82, 2.24) is 0 Å². The minimum Gasteiger partial charge on any atom is -0.287 e. The second-order valence-electron chi connectivity index (χ2n) is 5.07. The predicted octanol–water partition coefficient (Wildman–Crippen LogP) is 2.92. The number of carbonyl (C=O) groups excluding carboxylic acids is 1. The number of hydrogen-bond donors (Lipinski definition) is 1. The summed E-state index contributed by atoms with van der Waals surface area (Å²) in [6, 6.07) is 10.2. The molecule has 0 amide bonds. The van der Waals surface area contributed by atoms with Gasteiger partial charge in [-0.2, -0.15) is 5.10 Å². The lowest BCUT2D eigenvalue weighted by molar-refractivity contribution is -0.393. The number of fused-ring (bicyclic) bond motifs is 1. The first-order valence-corrected chi connectivity index (χ1v) is 7.05. The molecule has 0 bridgehead atoms. The molecule has 0 atom stereocenters. The van der Waals surface area contributed by atoms with Crippen molar-refractivity contribution in [3.8, 4) is 0 Å². The fourth-order valence-corrected chi connectivity index (χ4v) is 2.35. The SMILES string of the molecule is O=C1C=Cc2ccccc2/C1=N/Nc1ccc([N+](=O)[O-])cc1[N+](=O)[O-]. The average molecular weight is 338 g/mol. The molecule has 1 aliphatic carbocycles. The van der Waals surface area contributed by atoms with Gasteiger partial charge < -0.3 is 0 Å². The van der Waals surface area contributed by atoms with Crippen LogP contribution < -0.4 is 5.43 Å². The van der Waals surface area contributed by atoms with E-state index < -0.39 is 21.2 Å². The molecule has 124 valence electrons. The number of ketones is 1. The molecule has 1 N–H and O–H groups in total. The largest absolute Gasteiger partial charge is 0.301 e. The number of anilines is 1. The third kappa shape index (κ3) is 3.11. The van der Waals surface area contributed by atoms with Crippen molar-refractivity contribution in [2.45, 2.75) is 0 Å². The smallest absolute Gasteiger partial charge is 0.287 e. The van der Waals surface area contributed by atoms with E-state index in [1.807, 2.05) is 12.1 Å². The second kappa shape index (κ2) is 6.32. The molecule has 0 saturated carbocycles. The van der Waals surface area contributed by atoms with E-state index in [2.05, 4.69) is 10.5 Å². The Kier molecular flexibility index (Phi) is 4.04. The monoisotopic (exact) mass is 338 g/mol. The van der Waals surface area contributed by atoms with Gasteiger partial charge in [0.1, 0.15) is 11.4 Å². The van der Waals surface area contributed by atoms with Crippen molar-refractivity contribution >= 4 is 34.6 Å². The Morgan fingerprint density at radius 1 is 0.960 bits per heavy atom. The molecular weight excluding hydrogens is 328 g/mol. The summed E-state index contributed by atoms with van der Waals surface area (Å²) >= 11 is 0. The zero-order chi connectivity index (χ0) is 18.0. The number of nitro groups is 2. The van der Waals surface area contributed by atoms with Gasteiger partial charge in [0, 0.05) is 11.6 Å². The van der Waals surface area contributed by atoms with E-state index in [0.717, 1.165) is 17.7 Å². The van der Waals surface area contributed by atoms with Crippen LogP contribution in [0.4, 0.5) is 17.1 Å². The zero-order valence-electron chi connectivity index (χ0n) is 12.6. The number of allylic oxidation sites excluding steroid dienone is 1. The molecule has 1 aliphatic rings. The number of carbonyl (C=O) groups is 1. The van der Waals surface area contributed by atoms with Gasteiger partial charge in [-0.05, 0) is 17.7 Å². The first kappa shape index (κ1) is 16.0. The van der Waals surface area contributed by atoms with E-state index in [9.17, 15) is 25.0 Å². The number of hydrogen-bond acceptors (Lipinski definition) is 7. The predicted molar refractivity (Wildman–Crippen MR) is 90.4 cm³/mol. The Bertz CT molecular complexity index is 965. The first-order chi connectivity index (χ1) is 12.0. The Labute approximate surface area is 140 Å². The van der Waals surface area contributed by atoms with Crippen LogP contribution in [0, 0.1) is 20.2 Å². The maximum absolute atomic E-state index is 12.1. The van der Waals surface area contributed by atoms with Crippen molar-refractivity contribution in [2.75, 3.05) is 5.43 Å². The number of nitrogens with one attached hydrogen (secondary N) is 1. The molecule has 2 aromatic carbocycles. The Balaban J connectivity index is 1.99. The molecule has 0 spiro atoms. The van der Waals surface area contributed by atoms with Gasteiger partial charge in [-0.15, -0.1) is 0 Å². The molecule has 0 saturated heterocycles. The molecular formula is C16H10N4O5. The molecule has 2 aromatic rings. The third-order valence-corrected chi connectivity index (χ3v) is 3.54. The number of hydrazone groups is 1. The van der Waals surface area contributed by atoms with E-state index >= 15 is 0 Å². The van der Waals surface area contributed by atoms with E-state index in [0.29, 0.717) is 5.56 Å². The number of nitro benzene ring substituents is 2. The van der Waals surface area contributed by atoms with Crippen LogP contribution >= 0.6 is 0 Å². The van der Waals surface area contributed by atoms with E-state index in [1.54, 1.807) is 18.2 Å². The van der Waals surface area contributed by atoms with Crippen LogP contribution in [0.5, 0.6) is 0 Å². The highest BCUT2D eigenvalue weighted by molar-refractivity contribution is 6.52. The average Bonchev–Trinajstić information content (AvgIpc) is 2.60. The van der Waals surface area contributed by atoms with E-state index in [4.69, 9.17) is 0 Å². The highest BCUT2D eigenvalue weighted by atomic mass is 16.6. The Hall–Kier alpha value is -3.88. The van der Waals surface area contributed by atoms with Crippen molar-refractivity contribution in [2.24, 2.45) is 5.10 Å². The van der Waals surface area contributed by atoms with Gasteiger partial charge in [0.25, 0.3) is 5.69 Å². The molecule has 0 radical (unpaired) electrons. The van der Waals surface area contributed by atoms with Crippen molar-refractivity contribution in [1.29, 1.82) is 0 Å². The number of benzene rings is 2. The second-order valence-corrected chi connectivity index (χ2v) is 5.07. The molecule has 9 heteroatoms. The van der Waals surface area contributed by atoms with Crippen LogP contribution in [0.1, 0.15) is 11.1 Å². The molecule has 9 nitrogen and oxygen atoms in total. The summed E-state index contributed by atoms with van der Waals surface area (Å²) in [6.45, 7) is 0. The maximum Gasteiger partial charge on any atom is 0.301 e. The van der Waals surface area contributed by atoms with Crippen LogP contribution in [-0.2, 0) is 4.79 Å². The topological polar surface area (TPSA) is 128 Å². The zero-order valence-corrected chi connectivity index (χ0v) is 12.6. The fourth-order valence-electron chi connectivity index (χ4n) is 2.35. The number of rotatable bonds is 4. The van der Waals surface area contributed by atoms with Gasteiger partial charge in [0.15, 0.2) is 0 Å². The lowest BCUT2D eigenvalue weighted by atomic mass is 9.95. The van der Waals surface area contributed by atoms with E-state index in [-0.39, 0.29) is 17.2 Å². The highest BCUT2D eigenvalue weighted by Crippen LogP contribution is 2.29. The molecule has 0 aliphatic heterocycles. The summed E-state index contributed by atoms with van der Waals surface area (Å²) in [5.74, 6) is -0.351. The van der Waals surface area contributed by atoms with Gasteiger partial charge in [-0.1, -0.05) is 30.3 Å². The van der Waals surface area contributed by atoms with E-state index in [1.165, 1.54) is 12.1 Å². The highest BCUT2D eigenvalue weighted by Gasteiger charge is 2.21. The minimum absolute atomic E-state index is 0.0528. The standard InChI is InChI=1S/C16H10N4O5/c21-15-8-5-10-3-1-2-4-12(10)16(15)18-17-13-7-6-11(19(22)23)9-14(13)20(24)25/h1-9,17H/b18-16-. The summed E-state index contributed by atoms with van der Waals surface area (Å²) < 4.78 is 0. The Morgan fingerprint density at radius 3 is 2.44 bits per heavy atom. The first-order valence-electron chi connectivity index (χ1n) is 7.05. The van der Waals surface area contributed by atoms with Gasteiger partial charge in [-0.3, -0.25) is 30.4 Å². The van der Waals surface area contributed by atoms with Gasteiger partial charge in [0.05, 0.1) is 15.9 Å². The van der Waals surface area contributed by atoms with Crippen LogP contribution in [0.15, 0.2) is 53.6 Å². The summed E-state index contributed by atoms with van der Waals surface area (Å²) in [5, 5.41) is 25.9. The van der Waals surface area contributed by atoms with Crippen molar-refractivity contribution in [3.63, 3.8) is 0 Å². The quantitative estimate of drug-likeness (QED) is 0.674. The van der Waals surface area contributed by atoms with Gasteiger partial charge in [0.2, 0.25) is 5.78 Å². The molecule has 25 heavy (non-hydrogen) atoms. The summed E-state index contributed by atoms with van der Waals surface area (Å²) in [6.07, 6.45) is 3.01. The third-order valence-electron chi connectivity index (χ3n) is 3.54. The number of non-ortho nitro benzene ring substituents is 1. The van der Waals surface area contributed by atoms with Crippen LogP contribution in [0.2, 0.25) is 0 Å². The van der Waals surface area contributed by atoms with Crippen LogP contribution in [0.3, 0.4) is 0 Å². The summed E-state index contributed by atoms with van der Waals surface area (Å²) in [5.41, 5.74) is 2.98. The van der Waals surface area contributed by atoms with Gasteiger partial charge in [-0.25, -0.2) is 0 Å². The molecule has 0 heterocycles. The van der Waals surface area contributed by atoms with Crippen molar-refractivity contribution < 1.29 is 14.6 Å². The normalized spacial score (nSPS) is 14.2. The lowest BCUT2D eigenvalue weighted by Gasteiger charge is -2.12. The van der Waals surface area contributed by atoms with Gasteiger partial charge >= 0.3 is 5.69 Å².